The number of pyridine rings is 1. The van der Waals surface area contributed by atoms with Gasteiger partial charge >= 0.3 is 0 Å². The number of fused-ring (bicyclic) bond motifs is 2. The van der Waals surface area contributed by atoms with Crippen LogP contribution >= 0.6 is 0 Å². The number of hydrogen-bond acceptors (Lipinski definition) is 4. The van der Waals surface area contributed by atoms with Crippen LogP contribution in [0.5, 0.6) is 0 Å². The minimum Gasteiger partial charge on any atom is -0.337 e. The zero-order valence-electron chi connectivity index (χ0n) is 15.3. The van der Waals surface area contributed by atoms with Gasteiger partial charge in [-0.05, 0) is 44.7 Å². The number of nitrogens with zero attached hydrogens (tertiary/aromatic N) is 5. The number of aromatic nitrogens is 3. The Bertz CT molecular complexity index is 810. The molecule has 0 bridgehead atoms. The molecule has 1 amide bonds. The molecule has 6 nitrogen and oxygen atoms in total. The average molecular weight is 353 g/mol. The predicted octanol–water partition coefficient (Wildman–Crippen LogP) is 2.86. The molecule has 26 heavy (non-hydrogen) atoms. The number of hydrogen-bond donors (Lipinski definition) is 0. The molecule has 5 rings (SSSR count). The lowest BCUT2D eigenvalue weighted by Gasteiger charge is -2.25. The highest BCUT2D eigenvalue weighted by molar-refractivity contribution is 5.96. The fraction of sp³-hybridized carbons (Fsp3) is 0.650. The molecule has 2 aromatic rings. The third-order valence-electron chi connectivity index (χ3n) is 6.47. The third kappa shape index (κ3) is 2.80. The van der Waals surface area contributed by atoms with Crippen LogP contribution in [0, 0.1) is 0 Å². The van der Waals surface area contributed by atoms with Gasteiger partial charge in [-0.2, -0.15) is 0 Å². The molecule has 4 heterocycles. The van der Waals surface area contributed by atoms with E-state index in [1.807, 2.05) is 17.3 Å². The Balaban J connectivity index is 1.38. The maximum atomic E-state index is 13.1. The van der Waals surface area contributed by atoms with Gasteiger partial charge in [0.2, 0.25) is 0 Å². The van der Waals surface area contributed by atoms with Gasteiger partial charge in [-0.15, -0.1) is 0 Å². The molecule has 0 aromatic carbocycles. The first kappa shape index (κ1) is 16.2. The van der Waals surface area contributed by atoms with Gasteiger partial charge in [0, 0.05) is 37.9 Å². The predicted molar refractivity (Wildman–Crippen MR) is 100 cm³/mol. The summed E-state index contributed by atoms with van der Waals surface area (Å²) in [6, 6.07) is 3.00. The van der Waals surface area contributed by atoms with E-state index in [1.54, 1.807) is 6.20 Å². The average Bonchev–Trinajstić information content (AvgIpc) is 3.39. The van der Waals surface area contributed by atoms with Crippen LogP contribution in [0.2, 0.25) is 0 Å². The maximum Gasteiger partial charge on any atom is 0.255 e. The molecule has 0 spiro atoms. The maximum absolute atomic E-state index is 13.1. The lowest BCUT2D eigenvalue weighted by atomic mass is 10.2. The fourth-order valence-electron chi connectivity index (χ4n) is 5.06. The molecule has 2 aromatic heterocycles. The van der Waals surface area contributed by atoms with Gasteiger partial charge in [0.15, 0.2) is 5.65 Å². The zero-order valence-corrected chi connectivity index (χ0v) is 15.3. The summed E-state index contributed by atoms with van der Waals surface area (Å²) >= 11 is 0. The summed E-state index contributed by atoms with van der Waals surface area (Å²) in [7, 11) is 0. The number of carbonyl (C=O) groups excluding carboxylic acids is 1. The highest BCUT2D eigenvalue weighted by atomic mass is 16.2. The molecule has 1 atom stereocenters. The highest BCUT2D eigenvalue weighted by Crippen LogP contribution is 2.31. The lowest BCUT2D eigenvalue weighted by Crippen LogP contribution is -2.39. The van der Waals surface area contributed by atoms with E-state index in [9.17, 15) is 4.79 Å². The Morgan fingerprint density at radius 2 is 1.77 bits per heavy atom. The second-order valence-electron chi connectivity index (χ2n) is 8.09. The molecule has 1 saturated carbocycles. The minimum atomic E-state index is 0.114. The monoisotopic (exact) mass is 353 g/mol. The minimum absolute atomic E-state index is 0.114. The van der Waals surface area contributed by atoms with E-state index >= 15 is 0 Å². The van der Waals surface area contributed by atoms with Crippen molar-refractivity contribution in [3.63, 3.8) is 0 Å². The van der Waals surface area contributed by atoms with Crippen molar-refractivity contribution in [2.45, 2.75) is 57.0 Å². The van der Waals surface area contributed by atoms with Gasteiger partial charge in [-0.1, -0.05) is 12.8 Å². The Morgan fingerprint density at radius 1 is 0.962 bits per heavy atom. The van der Waals surface area contributed by atoms with Gasteiger partial charge in [-0.25, -0.2) is 9.97 Å². The SMILES string of the molecule is O=C(c1cnc2c(c1)ncn2C1CCCC1)N1CCCN2CCC[C@H]2C1. The van der Waals surface area contributed by atoms with E-state index in [-0.39, 0.29) is 5.91 Å². The van der Waals surface area contributed by atoms with Gasteiger partial charge in [-0.3, -0.25) is 9.69 Å². The van der Waals surface area contributed by atoms with Crippen LogP contribution in [0.1, 0.15) is 61.3 Å². The van der Waals surface area contributed by atoms with Crippen LogP contribution in [0.3, 0.4) is 0 Å². The summed E-state index contributed by atoms with van der Waals surface area (Å²) in [5.41, 5.74) is 2.45. The summed E-state index contributed by atoms with van der Waals surface area (Å²) < 4.78 is 2.21. The normalized spacial score (nSPS) is 24.9. The topological polar surface area (TPSA) is 54.3 Å². The summed E-state index contributed by atoms with van der Waals surface area (Å²) in [6.45, 7) is 4.02. The van der Waals surface area contributed by atoms with Crippen molar-refractivity contribution in [1.82, 2.24) is 24.3 Å². The van der Waals surface area contributed by atoms with Crippen LogP contribution in [-0.2, 0) is 0 Å². The second kappa shape index (κ2) is 6.65. The lowest BCUT2D eigenvalue weighted by molar-refractivity contribution is 0.0743. The van der Waals surface area contributed by atoms with Gasteiger partial charge in [0.05, 0.1) is 11.9 Å². The second-order valence-corrected chi connectivity index (χ2v) is 8.09. The first-order chi connectivity index (χ1) is 12.8. The summed E-state index contributed by atoms with van der Waals surface area (Å²) in [5.74, 6) is 0.114. The first-order valence-electron chi connectivity index (χ1n) is 10.2. The summed E-state index contributed by atoms with van der Waals surface area (Å²) in [4.78, 5) is 26.8. The standard InChI is InChI=1S/C20H27N5O/c26-20(24-10-4-9-23-8-3-7-17(23)13-24)15-11-18-19(21-12-15)25(14-22-18)16-5-1-2-6-16/h11-12,14,16-17H,1-10,13H2/t17-/m0/s1. The van der Waals surface area contributed by atoms with E-state index in [0.29, 0.717) is 17.6 Å². The summed E-state index contributed by atoms with van der Waals surface area (Å²) in [5, 5.41) is 0. The number of rotatable bonds is 2. The fourth-order valence-corrected chi connectivity index (χ4v) is 5.06. The van der Waals surface area contributed by atoms with Crippen molar-refractivity contribution >= 4 is 17.1 Å². The van der Waals surface area contributed by atoms with Crippen LogP contribution in [-0.4, -0.2) is 62.5 Å². The molecule has 6 heteroatoms. The summed E-state index contributed by atoms with van der Waals surface area (Å²) in [6.07, 6.45) is 12.2. The van der Waals surface area contributed by atoms with Gasteiger partial charge in [0.1, 0.15) is 5.52 Å². The van der Waals surface area contributed by atoms with E-state index in [0.717, 1.165) is 37.2 Å². The number of carbonyl (C=O) groups is 1. The van der Waals surface area contributed by atoms with Crippen LogP contribution in [0.25, 0.3) is 11.2 Å². The van der Waals surface area contributed by atoms with E-state index in [1.165, 1.54) is 45.1 Å². The van der Waals surface area contributed by atoms with E-state index in [4.69, 9.17) is 0 Å². The van der Waals surface area contributed by atoms with Crippen molar-refractivity contribution in [2.75, 3.05) is 26.2 Å². The molecule has 0 radical (unpaired) electrons. The molecule has 3 fully saturated rings. The molecule has 138 valence electrons. The van der Waals surface area contributed by atoms with Crippen molar-refractivity contribution < 1.29 is 4.79 Å². The van der Waals surface area contributed by atoms with Crippen molar-refractivity contribution in [3.8, 4) is 0 Å². The number of amides is 1. The van der Waals surface area contributed by atoms with Crippen LogP contribution < -0.4 is 0 Å². The van der Waals surface area contributed by atoms with Crippen LogP contribution in [0.15, 0.2) is 18.6 Å². The number of imidazole rings is 1. The Labute approximate surface area is 154 Å². The molecular formula is C20H27N5O. The largest absolute Gasteiger partial charge is 0.337 e. The molecule has 0 N–H and O–H groups in total. The third-order valence-corrected chi connectivity index (χ3v) is 6.47. The molecule has 2 aliphatic heterocycles. The molecule has 0 unspecified atom stereocenters. The highest BCUT2D eigenvalue weighted by Gasteiger charge is 2.31. The van der Waals surface area contributed by atoms with Gasteiger partial charge < -0.3 is 9.47 Å². The van der Waals surface area contributed by atoms with Crippen molar-refractivity contribution in [1.29, 1.82) is 0 Å². The van der Waals surface area contributed by atoms with Gasteiger partial charge in [0.25, 0.3) is 5.91 Å². The Kier molecular flexibility index (Phi) is 4.15. The zero-order chi connectivity index (χ0) is 17.5. The van der Waals surface area contributed by atoms with Crippen molar-refractivity contribution in [3.05, 3.63) is 24.2 Å². The molecule has 1 aliphatic carbocycles. The molecular weight excluding hydrogens is 326 g/mol. The van der Waals surface area contributed by atoms with E-state index in [2.05, 4.69) is 19.4 Å². The smallest absolute Gasteiger partial charge is 0.255 e. The van der Waals surface area contributed by atoms with Crippen molar-refractivity contribution in [2.24, 2.45) is 0 Å². The molecule has 2 saturated heterocycles. The van der Waals surface area contributed by atoms with Crippen LogP contribution in [0.4, 0.5) is 0 Å². The Hall–Kier alpha value is -1.95. The molecule has 3 aliphatic rings. The van der Waals surface area contributed by atoms with E-state index < -0.39 is 0 Å². The Morgan fingerprint density at radius 3 is 2.65 bits per heavy atom. The first-order valence-corrected chi connectivity index (χ1v) is 10.2. The quantitative estimate of drug-likeness (QED) is 0.833.